The molecule has 3 aromatic carbocycles. The summed E-state index contributed by atoms with van der Waals surface area (Å²) in [6, 6.07) is 22.1. The van der Waals surface area contributed by atoms with Gasteiger partial charge in [0.05, 0.1) is 5.69 Å². The van der Waals surface area contributed by atoms with Gasteiger partial charge in [0, 0.05) is 28.6 Å². The van der Waals surface area contributed by atoms with Gasteiger partial charge in [0.1, 0.15) is 5.75 Å². The van der Waals surface area contributed by atoms with E-state index in [2.05, 4.69) is 16.0 Å². The van der Waals surface area contributed by atoms with E-state index in [9.17, 15) is 14.7 Å². The molecule has 0 fully saturated rings. The van der Waals surface area contributed by atoms with Crippen LogP contribution in [0.5, 0.6) is 5.75 Å². The van der Waals surface area contributed by atoms with Gasteiger partial charge in [-0.3, -0.25) is 4.79 Å². The second-order valence-electron chi connectivity index (χ2n) is 6.72. The highest BCUT2D eigenvalue weighted by Gasteiger charge is 2.13. The van der Waals surface area contributed by atoms with Gasteiger partial charge in [-0.15, -0.1) is 0 Å². The van der Waals surface area contributed by atoms with Gasteiger partial charge in [0.2, 0.25) is 0 Å². The minimum Gasteiger partial charge on any atom is -0.508 e. The maximum atomic E-state index is 12.6. The first-order valence-electron chi connectivity index (χ1n) is 9.48. The molecular weight excluding hydrogens is 410 g/mol. The summed E-state index contributed by atoms with van der Waals surface area (Å²) in [6.45, 7) is 0. The molecule has 0 saturated carbocycles. The molecule has 0 spiro atoms. The first-order valence-corrected chi connectivity index (χ1v) is 10.4. The van der Waals surface area contributed by atoms with Gasteiger partial charge >= 0.3 is 6.03 Å². The Kier molecular flexibility index (Phi) is 5.96. The fourth-order valence-corrected chi connectivity index (χ4v) is 3.71. The molecule has 0 aliphatic rings. The predicted octanol–water partition coefficient (Wildman–Crippen LogP) is 6.02. The van der Waals surface area contributed by atoms with E-state index in [0.717, 1.165) is 11.1 Å². The molecule has 0 atom stereocenters. The fourth-order valence-electron chi connectivity index (χ4n) is 3.06. The van der Waals surface area contributed by atoms with Gasteiger partial charge in [0.25, 0.3) is 5.91 Å². The van der Waals surface area contributed by atoms with Crippen molar-refractivity contribution in [1.29, 1.82) is 0 Å². The zero-order chi connectivity index (χ0) is 21.6. The molecule has 4 N–H and O–H groups in total. The maximum absolute atomic E-state index is 12.6. The van der Waals surface area contributed by atoms with Crippen molar-refractivity contribution < 1.29 is 14.7 Å². The number of nitrogens with one attached hydrogen (secondary N) is 3. The topological polar surface area (TPSA) is 90.5 Å². The highest BCUT2D eigenvalue weighted by atomic mass is 32.1. The van der Waals surface area contributed by atoms with Gasteiger partial charge in [0.15, 0.2) is 0 Å². The summed E-state index contributed by atoms with van der Waals surface area (Å²) in [5.74, 6) is -0.179. The number of hydrogen-bond acceptors (Lipinski definition) is 4. The van der Waals surface area contributed by atoms with Crippen LogP contribution in [-0.2, 0) is 0 Å². The quantitative estimate of drug-likeness (QED) is 0.313. The van der Waals surface area contributed by atoms with Gasteiger partial charge in [-0.1, -0.05) is 30.3 Å². The molecule has 6 nitrogen and oxygen atoms in total. The van der Waals surface area contributed by atoms with Crippen molar-refractivity contribution in [3.8, 4) is 16.9 Å². The first-order chi connectivity index (χ1) is 15.1. The maximum Gasteiger partial charge on any atom is 0.323 e. The number of benzene rings is 3. The van der Waals surface area contributed by atoms with Crippen LogP contribution in [0.3, 0.4) is 0 Å². The Morgan fingerprint density at radius 3 is 2.32 bits per heavy atom. The number of carbonyl (C=O) groups excluding carboxylic acids is 2. The Balaban J connectivity index is 1.58. The molecular formula is C24H19N3O3S. The Morgan fingerprint density at radius 1 is 0.774 bits per heavy atom. The Labute approximate surface area is 183 Å². The SMILES string of the molecule is O=C(Nc1cccc(O)c1)Nc1cc(NC(=O)c2ccccc2)ccc1-c1ccsc1. The first kappa shape index (κ1) is 20.2. The average molecular weight is 430 g/mol. The van der Waals surface area contributed by atoms with Crippen LogP contribution in [0.1, 0.15) is 10.4 Å². The molecule has 0 aliphatic carbocycles. The number of anilines is 3. The normalized spacial score (nSPS) is 10.3. The molecule has 4 rings (SSSR count). The predicted molar refractivity (Wildman–Crippen MR) is 125 cm³/mol. The van der Waals surface area contributed by atoms with Crippen molar-refractivity contribution in [1.82, 2.24) is 0 Å². The molecule has 154 valence electrons. The largest absolute Gasteiger partial charge is 0.508 e. The van der Waals surface area contributed by atoms with E-state index in [1.54, 1.807) is 59.9 Å². The number of carbonyl (C=O) groups is 2. The van der Waals surface area contributed by atoms with Gasteiger partial charge in [-0.05, 0) is 58.8 Å². The number of amides is 3. The molecule has 1 aromatic heterocycles. The minimum atomic E-state index is -0.464. The van der Waals surface area contributed by atoms with Crippen LogP contribution in [0.15, 0.2) is 89.6 Å². The molecule has 1 heterocycles. The molecule has 0 unspecified atom stereocenters. The van der Waals surface area contributed by atoms with Crippen LogP contribution < -0.4 is 16.0 Å². The smallest absolute Gasteiger partial charge is 0.323 e. The van der Waals surface area contributed by atoms with Gasteiger partial charge in [-0.2, -0.15) is 11.3 Å². The summed E-state index contributed by atoms with van der Waals surface area (Å²) >= 11 is 1.55. The number of rotatable bonds is 5. The van der Waals surface area contributed by atoms with E-state index >= 15 is 0 Å². The van der Waals surface area contributed by atoms with Crippen LogP contribution in [0, 0.1) is 0 Å². The second kappa shape index (κ2) is 9.15. The van der Waals surface area contributed by atoms with E-state index in [1.807, 2.05) is 29.0 Å². The van der Waals surface area contributed by atoms with Crippen molar-refractivity contribution >= 4 is 40.3 Å². The molecule has 7 heteroatoms. The molecule has 4 aromatic rings. The summed E-state index contributed by atoms with van der Waals surface area (Å²) in [5.41, 5.74) is 3.88. The van der Waals surface area contributed by atoms with E-state index in [4.69, 9.17) is 0 Å². The summed E-state index contributed by atoms with van der Waals surface area (Å²) in [4.78, 5) is 25.1. The Morgan fingerprint density at radius 2 is 1.58 bits per heavy atom. The number of phenolic OH excluding ortho intramolecular Hbond substituents is 1. The third kappa shape index (κ3) is 5.09. The fraction of sp³-hybridized carbons (Fsp3) is 0. The third-order valence-corrected chi connectivity index (χ3v) is 5.18. The standard InChI is InChI=1S/C24H19N3O3S/c28-20-8-4-7-18(13-20)26-24(30)27-22-14-19(9-10-21(22)17-11-12-31-15-17)25-23(29)16-5-2-1-3-6-16/h1-15,28H,(H,25,29)(H2,26,27,30). The van der Waals surface area contributed by atoms with E-state index in [-0.39, 0.29) is 11.7 Å². The number of thiophene rings is 1. The molecule has 0 radical (unpaired) electrons. The van der Waals surface area contributed by atoms with Crippen molar-refractivity contribution in [2.45, 2.75) is 0 Å². The van der Waals surface area contributed by atoms with Gasteiger partial charge in [-0.25, -0.2) is 4.79 Å². The summed E-state index contributed by atoms with van der Waals surface area (Å²) in [7, 11) is 0. The van der Waals surface area contributed by atoms with Crippen molar-refractivity contribution in [3.63, 3.8) is 0 Å². The lowest BCUT2D eigenvalue weighted by Gasteiger charge is -2.14. The molecule has 3 amide bonds. The monoisotopic (exact) mass is 429 g/mol. The van der Waals surface area contributed by atoms with Crippen LogP contribution in [-0.4, -0.2) is 17.0 Å². The lowest BCUT2D eigenvalue weighted by Crippen LogP contribution is -2.20. The van der Waals surface area contributed by atoms with E-state index in [0.29, 0.717) is 22.6 Å². The molecule has 0 saturated heterocycles. The van der Waals surface area contributed by atoms with Crippen LogP contribution >= 0.6 is 11.3 Å². The van der Waals surface area contributed by atoms with E-state index < -0.39 is 6.03 Å². The molecule has 0 bridgehead atoms. The summed E-state index contributed by atoms with van der Waals surface area (Å²) in [6.07, 6.45) is 0. The number of phenols is 1. The van der Waals surface area contributed by atoms with Crippen molar-refractivity contribution in [2.75, 3.05) is 16.0 Å². The molecule has 31 heavy (non-hydrogen) atoms. The number of hydrogen-bond donors (Lipinski definition) is 4. The number of urea groups is 1. The van der Waals surface area contributed by atoms with Crippen LogP contribution in [0.25, 0.3) is 11.1 Å². The molecule has 0 aliphatic heterocycles. The van der Waals surface area contributed by atoms with Gasteiger partial charge < -0.3 is 21.1 Å². The minimum absolute atomic E-state index is 0.0578. The summed E-state index contributed by atoms with van der Waals surface area (Å²) < 4.78 is 0. The highest BCUT2D eigenvalue weighted by molar-refractivity contribution is 7.08. The lowest BCUT2D eigenvalue weighted by molar-refractivity contribution is 0.102. The van der Waals surface area contributed by atoms with Crippen molar-refractivity contribution in [2.24, 2.45) is 0 Å². The Bertz CT molecular complexity index is 1210. The zero-order valence-corrected chi connectivity index (χ0v) is 17.1. The van der Waals surface area contributed by atoms with E-state index in [1.165, 1.54) is 12.1 Å². The summed E-state index contributed by atoms with van der Waals surface area (Å²) in [5, 5.41) is 21.9. The van der Waals surface area contributed by atoms with Crippen molar-refractivity contribution in [3.05, 3.63) is 95.2 Å². The average Bonchev–Trinajstić information content (AvgIpc) is 3.29. The van der Waals surface area contributed by atoms with Crippen LogP contribution in [0.4, 0.5) is 21.9 Å². The lowest BCUT2D eigenvalue weighted by atomic mass is 10.1. The third-order valence-electron chi connectivity index (χ3n) is 4.50. The second-order valence-corrected chi connectivity index (χ2v) is 7.50. The highest BCUT2D eigenvalue weighted by Crippen LogP contribution is 2.32. The zero-order valence-electron chi connectivity index (χ0n) is 16.3. The number of aromatic hydroxyl groups is 1. The van der Waals surface area contributed by atoms with Crippen LogP contribution in [0.2, 0.25) is 0 Å². The Hall–Kier alpha value is -4.10.